The van der Waals surface area contributed by atoms with Crippen LogP contribution in [0.2, 0.25) is 5.02 Å². The van der Waals surface area contributed by atoms with Crippen LogP contribution in [0.4, 0.5) is 5.82 Å². The van der Waals surface area contributed by atoms with Gasteiger partial charge in [0.25, 0.3) is 0 Å². The fourth-order valence-corrected chi connectivity index (χ4v) is 4.31. The molecule has 0 radical (unpaired) electrons. The maximum Gasteiger partial charge on any atom is 0.317 e. The van der Waals surface area contributed by atoms with Gasteiger partial charge in [-0.2, -0.15) is 0 Å². The molecule has 2 heterocycles. The minimum atomic E-state index is -0.249. The molecule has 2 rings (SSSR count). The van der Waals surface area contributed by atoms with E-state index in [1.54, 1.807) is 6.92 Å². The zero-order chi connectivity index (χ0) is 20.4. The molecule has 1 aromatic rings. The highest BCUT2D eigenvalue weighted by Gasteiger charge is 2.21. The summed E-state index contributed by atoms with van der Waals surface area (Å²) in [6.45, 7) is 7.72. The molecule has 1 aromatic heterocycles. The van der Waals surface area contributed by atoms with E-state index >= 15 is 0 Å². The molecule has 28 heavy (non-hydrogen) atoms. The average Bonchev–Trinajstić information content (AvgIpc) is 2.72. The first kappa shape index (κ1) is 23.3. The summed E-state index contributed by atoms with van der Waals surface area (Å²) in [5.74, 6) is 0.989. The van der Waals surface area contributed by atoms with Crippen molar-refractivity contribution in [3.63, 3.8) is 0 Å². The Morgan fingerprint density at radius 2 is 2.14 bits per heavy atom. The third kappa shape index (κ3) is 7.12. The summed E-state index contributed by atoms with van der Waals surface area (Å²) in [6.07, 6.45) is 9.70. The van der Waals surface area contributed by atoms with Gasteiger partial charge in [-0.05, 0) is 30.7 Å². The Labute approximate surface area is 178 Å². The first-order valence-corrected chi connectivity index (χ1v) is 11.6. The van der Waals surface area contributed by atoms with Crippen molar-refractivity contribution in [3.05, 3.63) is 16.8 Å². The SMILES string of the molecule is CCCCC(CC)Cc1cnc(NC2CCOCC2)c(Cl)c1SOC(=O)CC. The predicted molar refractivity (Wildman–Crippen MR) is 116 cm³/mol. The summed E-state index contributed by atoms with van der Waals surface area (Å²) in [6, 6.07) is 0.300. The Hall–Kier alpha value is -0.980. The van der Waals surface area contributed by atoms with Gasteiger partial charge < -0.3 is 14.2 Å². The van der Waals surface area contributed by atoms with Crippen molar-refractivity contribution in [1.29, 1.82) is 0 Å². The summed E-state index contributed by atoms with van der Waals surface area (Å²) < 4.78 is 10.8. The summed E-state index contributed by atoms with van der Waals surface area (Å²) >= 11 is 7.80. The lowest BCUT2D eigenvalue weighted by molar-refractivity contribution is -0.132. The molecule has 1 aliphatic rings. The van der Waals surface area contributed by atoms with E-state index in [1.165, 1.54) is 19.3 Å². The van der Waals surface area contributed by atoms with Gasteiger partial charge in [0, 0.05) is 31.9 Å². The van der Waals surface area contributed by atoms with Crippen molar-refractivity contribution >= 4 is 35.4 Å². The van der Waals surface area contributed by atoms with Crippen molar-refractivity contribution in [1.82, 2.24) is 4.98 Å². The molecule has 1 unspecified atom stereocenters. The topological polar surface area (TPSA) is 60.5 Å². The lowest BCUT2D eigenvalue weighted by Crippen LogP contribution is -2.28. The van der Waals surface area contributed by atoms with Crippen LogP contribution in [0.15, 0.2) is 11.1 Å². The highest BCUT2D eigenvalue weighted by Crippen LogP contribution is 2.38. The highest BCUT2D eigenvalue weighted by molar-refractivity contribution is 7.95. The largest absolute Gasteiger partial charge is 0.386 e. The molecule has 5 nitrogen and oxygen atoms in total. The molecule has 1 aliphatic heterocycles. The van der Waals surface area contributed by atoms with E-state index < -0.39 is 0 Å². The lowest BCUT2D eigenvalue weighted by atomic mass is 9.92. The van der Waals surface area contributed by atoms with Gasteiger partial charge in [0.15, 0.2) is 0 Å². The van der Waals surface area contributed by atoms with Crippen LogP contribution in [0, 0.1) is 5.92 Å². The van der Waals surface area contributed by atoms with Crippen molar-refractivity contribution < 1.29 is 13.7 Å². The van der Waals surface area contributed by atoms with Crippen LogP contribution >= 0.6 is 23.6 Å². The van der Waals surface area contributed by atoms with Crippen molar-refractivity contribution in [3.8, 4) is 0 Å². The molecular weight excluding hydrogens is 396 g/mol. The summed E-state index contributed by atoms with van der Waals surface area (Å²) in [7, 11) is 0. The summed E-state index contributed by atoms with van der Waals surface area (Å²) in [5, 5.41) is 3.99. The van der Waals surface area contributed by atoms with Gasteiger partial charge >= 0.3 is 5.97 Å². The van der Waals surface area contributed by atoms with Crippen molar-refractivity contribution in [2.45, 2.75) is 83.1 Å². The Bertz CT molecular complexity index is 624. The van der Waals surface area contributed by atoms with Crippen molar-refractivity contribution in [2.24, 2.45) is 5.92 Å². The number of halogens is 1. The molecule has 1 fully saturated rings. The van der Waals surface area contributed by atoms with Gasteiger partial charge in [-0.25, -0.2) is 4.98 Å². The second-order valence-corrected chi connectivity index (χ2v) is 8.44. The number of rotatable bonds is 11. The average molecular weight is 429 g/mol. The zero-order valence-corrected chi connectivity index (χ0v) is 18.8. The summed E-state index contributed by atoms with van der Waals surface area (Å²) in [4.78, 5) is 17.1. The second-order valence-electron chi connectivity index (χ2n) is 7.32. The molecule has 0 saturated carbocycles. The molecule has 7 heteroatoms. The van der Waals surface area contributed by atoms with Gasteiger partial charge in [0.2, 0.25) is 0 Å². The molecule has 1 N–H and O–H groups in total. The Morgan fingerprint density at radius 1 is 1.39 bits per heavy atom. The number of nitrogens with one attached hydrogen (secondary N) is 1. The molecule has 0 bridgehead atoms. The Balaban J connectivity index is 2.21. The normalized spacial score (nSPS) is 16.0. The molecule has 158 valence electrons. The number of aromatic nitrogens is 1. The van der Waals surface area contributed by atoms with E-state index in [0.29, 0.717) is 29.2 Å². The van der Waals surface area contributed by atoms with E-state index in [2.05, 4.69) is 24.1 Å². The maximum atomic E-state index is 11.7. The van der Waals surface area contributed by atoms with Gasteiger partial charge in [-0.15, -0.1) is 0 Å². The number of unbranched alkanes of at least 4 members (excludes halogenated alkanes) is 1. The van der Waals surface area contributed by atoms with Crippen LogP contribution in [0.1, 0.15) is 71.3 Å². The van der Waals surface area contributed by atoms with Crippen LogP contribution in [0.3, 0.4) is 0 Å². The minimum absolute atomic E-state index is 0.249. The monoisotopic (exact) mass is 428 g/mol. The van der Waals surface area contributed by atoms with Gasteiger partial charge in [0.05, 0.1) is 16.9 Å². The Morgan fingerprint density at radius 3 is 2.79 bits per heavy atom. The minimum Gasteiger partial charge on any atom is -0.386 e. The van der Waals surface area contributed by atoms with E-state index in [-0.39, 0.29) is 5.97 Å². The Kier molecular flexibility index (Phi) is 10.4. The standard InChI is InChI=1S/C21H33ClN2O3S/c1-4-7-8-15(5-2)13-16-14-23-21(24-17-9-11-26-12-10-17)19(22)20(16)28-27-18(25)6-3/h14-15,17H,4-13H2,1-3H3,(H,23,24). The number of ether oxygens (including phenoxy) is 1. The molecular formula is C21H33ClN2O3S. The zero-order valence-electron chi connectivity index (χ0n) is 17.3. The number of anilines is 1. The first-order valence-electron chi connectivity index (χ1n) is 10.5. The van der Waals surface area contributed by atoms with Gasteiger partial charge in [-0.1, -0.05) is 58.1 Å². The lowest BCUT2D eigenvalue weighted by Gasteiger charge is -2.25. The van der Waals surface area contributed by atoms with Crippen LogP contribution in [0.5, 0.6) is 0 Å². The molecule has 0 aromatic carbocycles. The molecule has 0 spiro atoms. The van der Waals surface area contributed by atoms with E-state index in [9.17, 15) is 4.79 Å². The quantitative estimate of drug-likeness (QED) is 0.433. The number of hydrogen-bond acceptors (Lipinski definition) is 6. The van der Waals surface area contributed by atoms with Gasteiger partial charge in [-0.3, -0.25) is 4.79 Å². The van der Waals surface area contributed by atoms with Crippen molar-refractivity contribution in [2.75, 3.05) is 18.5 Å². The highest BCUT2D eigenvalue weighted by atomic mass is 35.5. The molecule has 1 atom stereocenters. The maximum absolute atomic E-state index is 11.7. The number of carbonyl (C=O) groups is 1. The van der Waals surface area contributed by atoms with Gasteiger partial charge in [0.1, 0.15) is 10.8 Å². The first-order chi connectivity index (χ1) is 13.6. The third-order valence-corrected chi connectivity index (χ3v) is 6.55. The molecule has 1 saturated heterocycles. The van der Waals surface area contributed by atoms with Crippen LogP contribution < -0.4 is 5.32 Å². The molecule has 0 aliphatic carbocycles. The van der Waals surface area contributed by atoms with E-state index in [1.807, 2.05) is 6.20 Å². The fourth-order valence-electron chi connectivity index (χ4n) is 3.28. The van der Waals surface area contributed by atoms with Crippen LogP contribution in [-0.4, -0.2) is 30.2 Å². The van der Waals surface area contributed by atoms with E-state index in [0.717, 1.165) is 61.4 Å². The van der Waals surface area contributed by atoms with Crippen LogP contribution in [0.25, 0.3) is 0 Å². The predicted octanol–water partition coefficient (Wildman–Crippen LogP) is 6.05. The molecule has 0 amide bonds. The summed E-state index contributed by atoms with van der Waals surface area (Å²) in [5.41, 5.74) is 1.05. The number of carbonyl (C=O) groups excluding carboxylic acids is 1. The number of nitrogens with zero attached hydrogens (tertiary/aromatic N) is 1. The number of hydrogen-bond donors (Lipinski definition) is 1. The third-order valence-electron chi connectivity index (χ3n) is 5.17. The second kappa shape index (κ2) is 12.6. The smallest absolute Gasteiger partial charge is 0.317 e. The van der Waals surface area contributed by atoms with E-state index in [4.69, 9.17) is 20.5 Å². The number of pyridine rings is 1. The van der Waals surface area contributed by atoms with Crippen LogP contribution in [-0.2, 0) is 20.1 Å². The fraction of sp³-hybridized carbons (Fsp3) is 0.714.